The molecule has 0 amide bonds. The Bertz CT molecular complexity index is 288. The number of hydrogen-bond donors (Lipinski definition) is 1. The lowest BCUT2D eigenvalue weighted by molar-refractivity contribution is -0.104. The monoisotopic (exact) mass is 253 g/mol. The van der Waals surface area contributed by atoms with Crippen molar-refractivity contribution in [3.63, 3.8) is 0 Å². The van der Waals surface area contributed by atoms with Crippen molar-refractivity contribution in [2.24, 2.45) is 17.6 Å². The second kappa shape index (κ2) is 5.10. The number of nitrogens with two attached hydrogens (primary N) is 1. The summed E-state index contributed by atoms with van der Waals surface area (Å²) in [5, 5.41) is 0. The number of rotatable bonds is 2. The highest BCUT2D eigenvalue weighted by Crippen LogP contribution is 2.43. The Balaban J connectivity index is 1.64. The maximum Gasteiger partial charge on any atom is 0.0754 e. The van der Waals surface area contributed by atoms with Crippen molar-refractivity contribution in [2.45, 2.75) is 69.6 Å². The van der Waals surface area contributed by atoms with Crippen molar-refractivity contribution in [1.82, 2.24) is 0 Å². The van der Waals surface area contributed by atoms with E-state index in [1.54, 1.807) is 0 Å². The summed E-state index contributed by atoms with van der Waals surface area (Å²) in [6.45, 7) is 4.08. The van der Waals surface area contributed by atoms with Gasteiger partial charge in [-0.15, -0.1) is 0 Å². The van der Waals surface area contributed by atoms with Crippen LogP contribution in [-0.2, 0) is 9.47 Å². The van der Waals surface area contributed by atoms with Crippen LogP contribution in [0.4, 0.5) is 0 Å². The predicted octanol–water partition coefficient (Wildman–Crippen LogP) is 2.48. The molecule has 2 N–H and O–H groups in total. The van der Waals surface area contributed by atoms with E-state index < -0.39 is 0 Å². The molecule has 104 valence electrons. The Morgan fingerprint density at radius 2 is 1.94 bits per heavy atom. The Labute approximate surface area is 110 Å². The van der Waals surface area contributed by atoms with Gasteiger partial charge in [-0.3, -0.25) is 0 Å². The van der Waals surface area contributed by atoms with Crippen LogP contribution in [0.15, 0.2) is 0 Å². The van der Waals surface area contributed by atoms with Gasteiger partial charge in [-0.05, 0) is 43.9 Å². The molecule has 3 rings (SSSR count). The molecule has 4 unspecified atom stereocenters. The molecule has 0 aromatic rings. The Morgan fingerprint density at radius 3 is 2.61 bits per heavy atom. The summed E-state index contributed by atoms with van der Waals surface area (Å²) in [6.07, 6.45) is 8.90. The lowest BCUT2D eigenvalue weighted by Gasteiger charge is -2.42. The van der Waals surface area contributed by atoms with E-state index in [4.69, 9.17) is 15.2 Å². The van der Waals surface area contributed by atoms with E-state index in [-0.39, 0.29) is 17.7 Å². The molecular formula is C15H27NO2. The van der Waals surface area contributed by atoms with Crippen LogP contribution in [0.3, 0.4) is 0 Å². The van der Waals surface area contributed by atoms with Crippen LogP contribution in [0.1, 0.15) is 51.9 Å². The smallest absolute Gasteiger partial charge is 0.0754 e. The highest BCUT2D eigenvalue weighted by molar-refractivity contribution is 4.96. The lowest BCUT2D eigenvalue weighted by Crippen LogP contribution is -2.49. The first kappa shape index (κ1) is 12.9. The van der Waals surface area contributed by atoms with E-state index in [1.807, 2.05) is 0 Å². The summed E-state index contributed by atoms with van der Waals surface area (Å²) in [4.78, 5) is 0. The largest absolute Gasteiger partial charge is 0.376 e. The van der Waals surface area contributed by atoms with Gasteiger partial charge in [-0.1, -0.05) is 19.8 Å². The summed E-state index contributed by atoms with van der Waals surface area (Å²) >= 11 is 0. The molecule has 1 saturated carbocycles. The van der Waals surface area contributed by atoms with Gasteiger partial charge in [0.15, 0.2) is 0 Å². The van der Waals surface area contributed by atoms with Crippen molar-refractivity contribution in [1.29, 1.82) is 0 Å². The molecule has 3 aliphatic rings. The van der Waals surface area contributed by atoms with Crippen molar-refractivity contribution in [3.8, 4) is 0 Å². The van der Waals surface area contributed by atoms with Crippen LogP contribution in [0, 0.1) is 11.8 Å². The highest BCUT2D eigenvalue weighted by atomic mass is 16.5. The van der Waals surface area contributed by atoms with Gasteiger partial charge in [0.1, 0.15) is 0 Å². The quantitative estimate of drug-likeness (QED) is 0.822. The predicted molar refractivity (Wildman–Crippen MR) is 71.4 cm³/mol. The van der Waals surface area contributed by atoms with Crippen molar-refractivity contribution >= 4 is 0 Å². The van der Waals surface area contributed by atoms with Gasteiger partial charge in [0.05, 0.1) is 11.7 Å². The Morgan fingerprint density at radius 1 is 1.17 bits per heavy atom. The van der Waals surface area contributed by atoms with Crippen LogP contribution >= 0.6 is 0 Å². The number of hydrogen-bond acceptors (Lipinski definition) is 3. The van der Waals surface area contributed by atoms with Crippen LogP contribution in [-0.4, -0.2) is 31.0 Å². The normalized spacial score (nSPS) is 41.3. The zero-order valence-electron chi connectivity index (χ0n) is 11.6. The first-order valence-electron chi connectivity index (χ1n) is 7.71. The first-order chi connectivity index (χ1) is 8.70. The van der Waals surface area contributed by atoms with Gasteiger partial charge in [0.2, 0.25) is 0 Å². The highest BCUT2D eigenvalue weighted by Gasteiger charge is 2.44. The zero-order valence-corrected chi connectivity index (χ0v) is 11.6. The molecule has 3 heteroatoms. The molecule has 2 aliphatic heterocycles. The van der Waals surface area contributed by atoms with E-state index in [0.717, 1.165) is 19.6 Å². The molecule has 0 aromatic heterocycles. The van der Waals surface area contributed by atoms with Gasteiger partial charge < -0.3 is 15.2 Å². The molecule has 4 atom stereocenters. The molecule has 0 aromatic carbocycles. The van der Waals surface area contributed by atoms with Crippen molar-refractivity contribution in [2.75, 3.05) is 13.2 Å². The third-order valence-electron chi connectivity index (χ3n) is 5.41. The molecular weight excluding hydrogens is 226 g/mol. The van der Waals surface area contributed by atoms with E-state index in [1.165, 1.54) is 38.5 Å². The maximum absolute atomic E-state index is 6.51. The third kappa shape index (κ3) is 2.33. The second-order valence-electron chi connectivity index (χ2n) is 6.67. The molecule has 1 aliphatic carbocycles. The van der Waals surface area contributed by atoms with Gasteiger partial charge >= 0.3 is 0 Å². The second-order valence-corrected chi connectivity index (χ2v) is 6.67. The van der Waals surface area contributed by atoms with Crippen LogP contribution in [0.25, 0.3) is 0 Å². The Kier molecular flexibility index (Phi) is 3.65. The minimum absolute atomic E-state index is 0.183. The topological polar surface area (TPSA) is 44.5 Å². The first-order valence-corrected chi connectivity index (χ1v) is 7.71. The van der Waals surface area contributed by atoms with E-state index in [9.17, 15) is 0 Å². The fraction of sp³-hybridized carbons (Fsp3) is 1.00. The summed E-state index contributed by atoms with van der Waals surface area (Å²) in [5.74, 6) is 1.23. The standard InChI is InChI=1S/C15H27NO2/c1-11-4-8-17-14(11)13(16)12-5-9-18-15(10-12)6-2-3-7-15/h11-14H,2-10,16H2,1H3. The molecule has 2 heterocycles. The van der Waals surface area contributed by atoms with E-state index >= 15 is 0 Å². The molecule has 3 nitrogen and oxygen atoms in total. The average molecular weight is 253 g/mol. The SMILES string of the molecule is CC1CCOC1C(N)C1CCOC2(CCCC2)C1. The molecule has 18 heavy (non-hydrogen) atoms. The van der Waals surface area contributed by atoms with Gasteiger partial charge in [-0.2, -0.15) is 0 Å². The van der Waals surface area contributed by atoms with Gasteiger partial charge in [0, 0.05) is 19.3 Å². The third-order valence-corrected chi connectivity index (χ3v) is 5.41. The Hall–Kier alpha value is -0.120. The summed E-state index contributed by atoms with van der Waals surface area (Å²) in [5.41, 5.74) is 6.70. The zero-order chi connectivity index (χ0) is 12.6. The number of ether oxygens (including phenoxy) is 2. The fourth-order valence-corrected chi connectivity index (χ4v) is 4.24. The summed E-state index contributed by atoms with van der Waals surface area (Å²) in [6, 6.07) is 0.212. The summed E-state index contributed by atoms with van der Waals surface area (Å²) < 4.78 is 12.0. The lowest BCUT2D eigenvalue weighted by atomic mass is 9.77. The average Bonchev–Trinajstić information content (AvgIpc) is 2.98. The van der Waals surface area contributed by atoms with E-state index in [0.29, 0.717) is 11.8 Å². The van der Waals surface area contributed by atoms with Gasteiger partial charge in [0.25, 0.3) is 0 Å². The van der Waals surface area contributed by atoms with Crippen molar-refractivity contribution < 1.29 is 9.47 Å². The van der Waals surface area contributed by atoms with Crippen LogP contribution in [0.2, 0.25) is 0 Å². The maximum atomic E-state index is 6.51. The van der Waals surface area contributed by atoms with Crippen LogP contribution in [0.5, 0.6) is 0 Å². The van der Waals surface area contributed by atoms with E-state index in [2.05, 4.69) is 6.92 Å². The molecule has 1 spiro atoms. The summed E-state index contributed by atoms with van der Waals surface area (Å²) in [7, 11) is 0. The van der Waals surface area contributed by atoms with Crippen LogP contribution < -0.4 is 5.73 Å². The minimum atomic E-state index is 0.183. The molecule has 3 fully saturated rings. The molecule has 0 bridgehead atoms. The fourth-order valence-electron chi connectivity index (χ4n) is 4.24. The minimum Gasteiger partial charge on any atom is -0.376 e. The van der Waals surface area contributed by atoms with Gasteiger partial charge in [-0.25, -0.2) is 0 Å². The molecule has 0 radical (unpaired) electrons. The van der Waals surface area contributed by atoms with Crippen molar-refractivity contribution in [3.05, 3.63) is 0 Å². The molecule has 2 saturated heterocycles.